The normalized spacial score (nSPS) is 19.1. The summed E-state index contributed by atoms with van der Waals surface area (Å²) in [5, 5.41) is 0. The van der Waals surface area contributed by atoms with E-state index in [0.717, 1.165) is 32.1 Å². The predicted octanol–water partition coefficient (Wildman–Crippen LogP) is 6.45. The summed E-state index contributed by atoms with van der Waals surface area (Å²) in [6.07, 6.45) is 4.16. The summed E-state index contributed by atoms with van der Waals surface area (Å²) in [4.78, 5) is 0. The molecule has 0 aliphatic carbocycles. The summed E-state index contributed by atoms with van der Waals surface area (Å²) < 4.78 is 60.0. The second-order valence-corrected chi connectivity index (χ2v) is 7.73. The number of unbranched alkanes of at least 4 members (excludes halogenated alkanes) is 1. The van der Waals surface area contributed by atoms with Crippen molar-refractivity contribution < 1.29 is 27.4 Å². The number of ether oxygens (including phenoxy) is 3. The summed E-state index contributed by atoms with van der Waals surface area (Å²) in [6, 6.07) is 7.27. The Kier molecular flexibility index (Phi) is 8.16. The summed E-state index contributed by atoms with van der Waals surface area (Å²) in [6.45, 7) is 3.60. The van der Waals surface area contributed by atoms with E-state index in [1.54, 1.807) is 13.2 Å². The van der Waals surface area contributed by atoms with Crippen molar-refractivity contribution in [2.45, 2.75) is 45.1 Å². The van der Waals surface area contributed by atoms with Crippen LogP contribution >= 0.6 is 0 Å². The number of methoxy groups -OCH3 is 1. The molecule has 164 valence electrons. The van der Waals surface area contributed by atoms with Gasteiger partial charge < -0.3 is 14.2 Å². The van der Waals surface area contributed by atoms with Crippen LogP contribution in [-0.2, 0) is 9.47 Å². The van der Waals surface area contributed by atoms with Gasteiger partial charge in [-0.15, -0.1) is 0 Å². The zero-order valence-electron chi connectivity index (χ0n) is 17.6. The Balaban J connectivity index is 1.72. The SMILES string of the molecule is CCCCOc1ccc(-c2ccc(C3CCC(CCOC)CO3)cc2F)c(F)c1F. The van der Waals surface area contributed by atoms with Gasteiger partial charge in [-0.1, -0.05) is 25.5 Å². The molecule has 2 atom stereocenters. The Morgan fingerprint density at radius 1 is 1.00 bits per heavy atom. The highest BCUT2D eigenvalue weighted by Crippen LogP contribution is 2.36. The molecule has 1 aliphatic rings. The molecule has 2 unspecified atom stereocenters. The van der Waals surface area contributed by atoms with Crippen LogP contribution < -0.4 is 4.74 Å². The molecule has 0 bridgehead atoms. The largest absolute Gasteiger partial charge is 0.490 e. The summed E-state index contributed by atoms with van der Waals surface area (Å²) >= 11 is 0. The van der Waals surface area contributed by atoms with Gasteiger partial charge in [0.2, 0.25) is 5.82 Å². The first-order valence-corrected chi connectivity index (χ1v) is 10.6. The third-order valence-corrected chi connectivity index (χ3v) is 5.56. The van der Waals surface area contributed by atoms with E-state index in [4.69, 9.17) is 14.2 Å². The van der Waals surface area contributed by atoms with Gasteiger partial charge in [-0.05, 0) is 55.4 Å². The second kappa shape index (κ2) is 10.8. The van der Waals surface area contributed by atoms with E-state index in [1.165, 1.54) is 24.3 Å². The van der Waals surface area contributed by atoms with E-state index in [9.17, 15) is 13.2 Å². The molecule has 0 radical (unpaired) electrons. The van der Waals surface area contributed by atoms with Gasteiger partial charge in [0.25, 0.3) is 0 Å². The van der Waals surface area contributed by atoms with Gasteiger partial charge in [0.15, 0.2) is 11.6 Å². The first-order chi connectivity index (χ1) is 14.5. The van der Waals surface area contributed by atoms with Crippen LogP contribution in [0.1, 0.15) is 50.7 Å². The average molecular weight is 422 g/mol. The Morgan fingerprint density at radius 3 is 2.47 bits per heavy atom. The van der Waals surface area contributed by atoms with Crippen LogP contribution in [0.15, 0.2) is 30.3 Å². The summed E-state index contributed by atoms with van der Waals surface area (Å²) in [5.74, 6) is -2.51. The molecule has 2 aromatic carbocycles. The van der Waals surface area contributed by atoms with Crippen molar-refractivity contribution >= 4 is 0 Å². The molecular formula is C24H29F3O3. The molecule has 30 heavy (non-hydrogen) atoms. The van der Waals surface area contributed by atoms with Crippen LogP contribution in [0, 0.1) is 23.4 Å². The van der Waals surface area contributed by atoms with Gasteiger partial charge in [-0.2, -0.15) is 4.39 Å². The quantitative estimate of drug-likeness (QED) is 0.435. The van der Waals surface area contributed by atoms with Crippen molar-refractivity contribution in [1.82, 2.24) is 0 Å². The van der Waals surface area contributed by atoms with Crippen molar-refractivity contribution in [2.75, 3.05) is 26.9 Å². The van der Waals surface area contributed by atoms with Crippen molar-refractivity contribution in [3.8, 4) is 16.9 Å². The van der Waals surface area contributed by atoms with Crippen molar-refractivity contribution in [2.24, 2.45) is 5.92 Å². The van der Waals surface area contributed by atoms with Gasteiger partial charge in [-0.3, -0.25) is 0 Å². The van der Waals surface area contributed by atoms with Gasteiger partial charge in [0, 0.05) is 24.8 Å². The highest BCUT2D eigenvalue weighted by molar-refractivity contribution is 5.66. The van der Waals surface area contributed by atoms with E-state index in [2.05, 4.69) is 0 Å². The number of hydrogen-bond acceptors (Lipinski definition) is 3. The van der Waals surface area contributed by atoms with Crippen LogP contribution in [0.25, 0.3) is 11.1 Å². The molecule has 1 fully saturated rings. The van der Waals surface area contributed by atoms with E-state index in [0.29, 0.717) is 31.3 Å². The molecule has 0 spiro atoms. The van der Waals surface area contributed by atoms with E-state index >= 15 is 0 Å². The Hall–Kier alpha value is -2.05. The molecule has 6 heteroatoms. The lowest BCUT2D eigenvalue weighted by Gasteiger charge is -2.29. The molecule has 0 saturated carbocycles. The minimum absolute atomic E-state index is 0.0176. The minimum Gasteiger partial charge on any atom is -0.490 e. The van der Waals surface area contributed by atoms with Gasteiger partial charge in [-0.25, -0.2) is 8.78 Å². The second-order valence-electron chi connectivity index (χ2n) is 7.73. The van der Waals surface area contributed by atoms with Crippen molar-refractivity contribution in [1.29, 1.82) is 0 Å². The fraction of sp³-hybridized carbons (Fsp3) is 0.500. The first kappa shape index (κ1) is 22.6. The predicted molar refractivity (Wildman–Crippen MR) is 110 cm³/mol. The monoisotopic (exact) mass is 422 g/mol. The van der Waals surface area contributed by atoms with Crippen LogP contribution in [-0.4, -0.2) is 26.9 Å². The molecule has 0 N–H and O–H groups in total. The maximum atomic E-state index is 14.8. The lowest BCUT2D eigenvalue weighted by Crippen LogP contribution is -2.21. The van der Waals surface area contributed by atoms with Crippen molar-refractivity contribution in [3.05, 3.63) is 53.3 Å². The van der Waals surface area contributed by atoms with Crippen LogP contribution in [0.4, 0.5) is 13.2 Å². The van der Waals surface area contributed by atoms with Gasteiger partial charge >= 0.3 is 0 Å². The number of hydrogen-bond donors (Lipinski definition) is 0. The molecule has 1 heterocycles. The van der Waals surface area contributed by atoms with Crippen LogP contribution in [0.5, 0.6) is 5.75 Å². The Bertz CT molecular complexity index is 833. The number of rotatable bonds is 9. The average Bonchev–Trinajstić information content (AvgIpc) is 2.76. The highest BCUT2D eigenvalue weighted by Gasteiger charge is 2.24. The maximum absolute atomic E-state index is 14.8. The molecular weight excluding hydrogens is 393 g/mol. The summed E-state index contributed by atoms with van der Waals surface area (Å²) in [7, 11) is 1.68. The molecule has 3 rings (SSSR count). The fourth-order valence-corrected chi connectivity index (χ4v) is 3.71. The molecule has 0 aromatic heterocycles. The standard InChI is InChI=1S/C24H29F3O3/c1-3-4-12-29-22-10-8-19(23(26)24(22)27)18-7-6-17(14-20(18)25)21-9-5-16(15-30-21)11-13-28-2/h6-8,10,14,16,21H,3-5,9,11-13,15H2,1-2H3. The minimum atomic E-state index is -1.11. The molecule has 1 aliphatic heterocycles. The fourth-order valence-electron chi connectivity index (χ4n) is 3.71. The molecule has 1 saturated heterocycles. The van der Waals surface area contributed by atoms with Gasteiger partial charge in [0.1, 0.15) is 5.82 Å². The molecule has 3 nitrogen and oxygen atoms in total. The van der Waals surface area contributed by atoms with Crippen LogP contribution in [0.3, 0.4) is 0 Å². The topological polar surface area (TPSA) is 27.7 Å². The van der Waals surface area contributed by atoms with Crippen LogP contribution in [0.2, 0.25) is 0 Å². The van der Waals surface area contributed by atoms with E-state index < -0.39 is 17.5 Å². The third-order valence-electron chi connectivity index (χ3n) is 5.56. The molecule has 2 aromatic rings. The van der Waals surface area contributed by atoms with Crippen molar-refractivity contribution in [3.63, 3.8) is 0 Å². The third kappa shape index (κ3) is 5.35. The lowest BCUT2D eigenvalue weighted by molar-refractivity contribution is -0.0246. The lowest BCUT2D eigenvalue weighted by atomic mass is 9.92. The highest BCUT2D eigenvalue weighted by atomic mass is 19.2. The maximum Gasteiger partial charge on any atom is 0.201 e. The first-order valence-electron chi connectivity index (χ1n) is 10.6. The van der Waals surface area contributed by atoms with E-state index in [-0.39, 0.29) is 23.0 Å². The smallest absolute Gasteiger partial charge is 0.201 e. The van der Waals surface area contributed by atoms with Gasteiger partial charge in [0.05, 0.1) is 19.3 Å². The zero-order valence-corrected chi connectivity index (χ0v) is 17.6. The zero-order chi connectivity index (χ0) is 21.5. The van der Waals surface area contributed by atoms with E-state index in [1.807, 2.05) is 6.92 Å². The summed E-state index contributed by atoms with van der Waals surface area (Å²) in [5.41, 5.74) is 0.606. The molecule has 0 amide bonds. The number of halogens is 3. The Labute approximate surface area is 176 Å². The Morgan fingerprint density at radius 2 is 1.80 bits per heavy atom. The number of benzene rings is 2.